The van der Waals surface area contributed by atoms with E-state index in [-0.39, 0.29) is 0 Å². The number of rotatable bonds is 5. The number of nitrogens with one attached hydrogen (secondary N) is 1. The molecule has 0 saturated heterocycles. The van der Waals surface area contributed by atoms with Gasteiger partial charge in [-0.2, -0.15) is 0 Å². The summed E-state index contributed by atoms with van der Waals surface area (Å²) in [5.41, 5.74) is 1.09. The first kappa shape index (κ1) is 12.3. The fourth-order valence-electron chi connectivity index (χ4n) is 1.25. The number of benzene rings is 1. The average Bonchev–Trinajstić information content (AvgIpc) is 2.25. The number of methoxy groups -OCH3 is 1. The normalized spacial score (nSPS) is 10.9. The Hall–Kier alpha value is -0.800. The molecule has 0 amide bonds. The lowest BCUT2D eigenvalue weighted by molar-refractivity contribution is 0.414. The van der Waals surface area contributed by atoms with E-state index < -0.39 is 0 Å². The molecule has 0 saturated carbocycles. The maximum absolute atomic E-state index is 5.26. The Morgan fingerprint density at radius 3 is 2.93 bits per heavy atom. The van der Waals surface area contributed by atoms with Crippen LogP contribution in [0.1, 0.15) is 12.5 Å². The molecular formula is C12H16BrNO. The average molecular weight is 270 g/mol. The number of hydrogen-bond donors (Lipinski definition) is 1. The Balaban J connectivity index is 2.73. The number of hydrogen-bond acceptors (Lipinski definition) is 2. The predicted octanol–water partition coefficient (Wildman–Crippen LogP) is 3.08. The second kappa shape index (κ2) is 6.64. The van der Waals surface area contributed by atoms with Gasteiger partial charge >= 0.3 is 0 Å². The summed E-state index contributed by atoms with van der Waals surface area (Å²) in [6.07, 6.45) is 4.15. The molecule has 0 aliphatic carbocycles. The minimum Gasteiger partial charge on any atom is -0.496 e. The summed E-state index contributed by atoms with van der Waals surface area (Å²) >= 11 is 3.44. The van der Waals surface area contributed by atoms with Crippen molar-refractivity contribution in [2.24, 2.45) is 0 Å². The Morgan fingerprint density at radius 2 is 2.27 bits per heavy atom. The van der Waals surface area contributed by atoms with E-state index in [1.54, 1.807) is 7.11 Å². The molecule has 0 aliphatic heterocycles. The van der Waals surface area contributed by atoms with Gasteiger partial charge in [-0.05, 0) is 24.7 Å². The highest BCUT2D eigenvalue weighted by Crippen LogP contribution is 2.23. The van der Waals surface area contributed by atoms with Gasteiger partial charge in [-0.25, -0.2) is 0 Å². The van der Waals surface area contributed by atoms with Crippen molar-refractivity contribution in [1.29, 1.82) is 0 Å². The van der Waals surface area contributed by atoms with Gasteiger partial charge in [0.05, 0.1) is 7.11 Å². The molecule has 0 atom stereocenters. The van der Waals surface area contributed by atoms with Crippen LogP contribution in [0.3, 0.4) is 0 Å². The SMILES string of the molecule is CCNCC=Cc1cc(Br)ccc1OC. The summed E-state index contributed by atoms with van der Waals surface area (Å²) in [4.78, 5) is 0. The zero-order chi connectivity index (χ0) is 11.1. The largest absolute Gasteiger partial charge is 0.496 e. The van der Waals surface area contributed by atoms with E-state index >= 15 is 0 Å². The Bertz CT molecular complexity index is 336. The van der Waals surface area contributed by atoms with E-state index in [1.807, 2.05) is 18.2 Å². The number of ether oxygens (including phenoxy) is 1. The molecule has 0 aliphatic rings. The summed E-state index contributed by atoms with van der Waals surface area (Å²) in [7, 11) is 1.69. The van der Waals surface area contributed by atoms with Crippen LogP contribution >= 0.6 is 15.9 Å². The second-order valence-electron chi connectivity index (χ2n) is 3.10. The molecule has 1 N–H and O–H groups in total. The second-order valence-corrected chi connectivity index (χ2v) is 4.01. The standard InChI is InChI=1S/C12H16BrNO/c1-3-14-8-4-5-10-9-11(13)6-7-12(10)15-2/h4-7,9,14H,3,8H2,1-2H3. The van der Waals surface area contributed by atoms with Crippen molar-refractivity contribution in [2.45, 2.75) is 6.92 Å². The minimum absolute atomic E-state index is 0.881. The van der Waals surface area contributed by atoms with Crippen molar-refractivity contribution < 1.29 is 4.74 Å². The summed E-state index contributed by atoms with van der Waals surface area (Å²) in [5.74, 6) is 0.894. The van der Waals surface area contributed by atoms with Crippen LogP contribution in [0.5, 0.6) is 5.75 Å². The van der Waals surface area contributed by atoms with Crippen LogP contribution in [0.4, 0.5) is 0 Å². The highest BCUT2D eigenvalue weighted by molar-refractivity contribution is 9.10. The monoisotopic (exact) mass is 269 g/mol. The van der Waals surface area contributed by atoms with E-state index in [2.05, 4.69) is 40.3 Å². The first-order valence-corrected chi connectivity index (χ1v) is 5.78. The highest BCUT2D eigenvalue weighted by atomic mass is 79.9. The van der Waals surface area contributed by atoms with Gasteiger partial charge in [0.2, 0.25) is 0 Å². The third-order valence-electron chi connectivity index (χ3n) is 2.00. The zero-order valence-electron chi connectivity index (χ0n) is 9.09. The molecule has 0 aromatic heterocycles. The molecule has 3 heteroatoms. The lowest BCUT2D eigenvalue weighted by Crippen LogP contribution is -2.11. The lowest BCUT2D eigenvalue weighted by Gasteiger charge is -2.04. The third-order valence-corrected chi connectivity index (χ3v) is 2.49. The first-order chi connectivity index (χ1) is 7.27. The van der Waals surface area contributed by atoms with Gasteiger partial charge in [-0.3, -0.25) is 0 Å². The van der Waals surface area contributed by atoms with Crippen molar-refractivity contribution >= 4 is 22.0 Å². The van der Waals surface area contributed by atoms with Crippen molar-refractivity contribution in [2.75, 3.05) is 20.2 Å². The van der Waals surface area contributed by atoms with Crippen LogP contribution in [0.2, 0.25) is 0 Å². The van der Waals surface area contributed by atoms with E-state index in [4.69, 9.17) is 4.74 Å². The highest BCUT2D eigenvalue weighted by Gasteiger charge is 1.99. The zero-order valence-corrected chi connectivity index (χ0v) is 10.7. The topological polar surface area (TPSA) is 21.3 Å². The summed E-state index contributed by atoms with van der Waals surface area (Å²) in [6, 6.07) is 5.97. The third kappa shape index (κ3) is 4.06. The van der Waals surface area contributed by atoms with E-state index in [1.165, 1.54) is 0 Å². The van der Waals surface area contributed by atoms with E-state index in [0.29, 0.717) is 0 Å². The molecule has 1 aromatic carbocycles. The molecule has 82 valence electrons. The van der Waals surface area contributed by atoms with Crippen LogP contribution in [-0.2, 0) is 0 Å². The Kier molecular flexibility index (Phi) is 5.43. The van der Waals surface area contributed by atoms with E-state index in [9.17, 15) is 0 Å². The molecule has 0 spiro atoms. The van der Waals surface area contributed by atoms with Crippen LogP contribution in [0, 0.1) is 0 Å². The molecule has 2 nitrogen and oxygen atoms in total. The smallest absolute Gasteiger partial charge is 0.126 e. The van der Waals surface area contributed by atoms with Crippen molar-refractivity contribution in [3.05, 3.63) is 34.3 Å². The predicted molar refractivity (Wildman–Crippen MR) is 68.3 cm³/mol. The van der Waals surface area contributed by atoms with Gasteiger partial charge in [-0.15, -0.1) is 0 Å². The first-order valence-electron chi connectivity index (χ1n) is 4.98. The van der Waals surface area contributed by atoms with E-state index in [0.717, 1.165) is 28.9 Å². The Morgan fingerprint density at radius 1 is 1.47 bits per heavy atom. The van der Waals surface area contributed by atoms with Crippen LogP contribution in [0.15, 0.2) is 28.7 Å². The van der Waals surface area contributed by atoms with Gasteiger partial charge in [0.1, 0.15) is 5.75 Å². The maximum atomic E-state index is 5.26. The van der Waals surface area contributed by atoms with Gasteiger partial charge in [0, 0.05) is 16.6 Å². The number of likely N-dealkylation sites (N-methyl/N-ethyl adjacent to an activating group) is 1. The summed E-state index contributed by atoms with van der Waals surface area (Å²) in [6.45, 7) is 3.96. The molecule has 1 aromatic rings. The summed E-state index contributed by atoms with van der Waals surface area (Å²) < 4.78 is 6.33. The van der Waals surface area contributed by atoms with Crippen molar-refractivity contribution in [1.82, 2.24) is 5.32 Å². The van der Waals surface area contributed by atoms with Gasteiger partial charge in [-0.1, -0.05) is 35.0 Å². The van der Waals surface area contributed by atoms with Crippen LogP contribution in [0.25, 0.3) is 6.08 Å². The molecule has 1 rings (SSSR count). The Labute approximate surface area is 99.5 Å². The maximum Gasteiger partial charge on any atom is 0.126 e. The van der Waals surface area contributed by atoms with Gasteiger partial charge < -0.3 is 10.1 Å². The van der Waals surface area contributed by atoms with Crippen molar-refractivity contribution in [3.8, 4) is 5.75 Å². The lowest BCUT2D eigenvalue weighted by atomic mass is 10.2. The number of halogens is 1. The molecule has 0 bridgehead atoms. The minimum atomic E-state index is 0.881. The van der Waals surface area contributed by atoms with Crippen molar-refractivity contribution in [3.63, 3.8) is 0 Å². The molecule has 0 unspecified atom stereocenters. The molecule has 0 fully saturated rings. The van der Waals surface area contributed by atoms with Crippen LogP contribution < -0.4 is 10.1 Å². The van der Waals surface area contributed by atoms with Crippen LogP contribution in [-0.4, -0.2) is 20.2 Å². The quantitative estimate of drug-likeness (QED) is 0.830. The van der Waals surface area contributed by atoms with Gasteiger partial charge in [0.25, 0.3) is 0 Å². The fourth-order valence-corrected chi connectivity index (χ4v) is 1.63. The molecule has 0 heterocycles. The summed E-state index contributed by atoms with van der Waals surface area (Å²) in [5, 5.41) is 3.23. The van der Waals surface area contributed by atoms with Gasteiger partial charge in [0.15, 0.2) is 0 Å². The molecule has 15 heavy (non-hydrogen) atoms. The molecular weight excluding hydrogens is 254 g/mol. The fraction of sp³-hybridized carbons (Fsp3) is 0.333. The molecule has 0 radical (unpaired) electrons.